The predicted octanol–water partition coefficient (Wildman–Crippen LogP) is 3.22. The van der Waals surface area contributed by atoms with Gasteiger partial charge in [-0.3, -0.25) is 4.79 Å². The summed E-state index contributed by atoms with van der Waals surface area (Å²) in [7, 11) is 0. The smallest absolute Gasteiger partial charge is 0.261 e. The Morgan fingerprint density at radius 2 is 1.85 bits per heavy atom. The van der Waals surface area contributed by atoms with Crippen LogP contribution in [0.4, 0.5) is 5.69 Å². The highest BCUT2D eigenvalue weighted by Gasteiger charge is 2.16. The molecule has 3 rings (SSSR count). The van der Waals surface area contributed by atoms with E-state index in [1.807, 2.05) is 32.0 Å². The van der Waals surface area contributed by atoms with Crippen molar-refractivity contribution in [2.45, 2.75) is 33.4 Å². The summed E-state index contributed by atoms with van der Waals surface area (Å²) in [6.07, 6.45) is -0.543. The molecule has 5 nitrogen and oxygen atoms in total. The Morgan fingerprint density at radius 1 is 1.15 bits per heavy atom. The monoisotopic (exact) mass is 368 g/mol. The molecule has 0 radical (unpaired) electrons. The number of rotatable bonds is 6. The van der Waals surface area contributed by atoms with E-state index in [4.69, 9.17) is 9.47 Å². The van der Waals surface area contributed by atoms with Gasteiger partial charge in [-0.05, 0) is 55.7 Å². The molecule has 1 unspecified atom stereocenters. The third-order valence-corrected chi connectivity index (χ3v) is 5.01. The average Bonchev–Trinajstić information content (AvgIpc) is 2.70. The zero-order valence-corrected chi connectivity index (χ0v) is 16.3. The molecule has 0 bridgehead atoms. The Balaban J connectivity index is 1.51. The van der Waals surface area contributed by atoms with Crippen molar-refractivity contribution in [3.05, 3.63) is 59.2 Å². The largest absolute Gasteiger partial charge is 0.481 e. The van der Waals surface area contributed by atoms with Crippen LogP contribution in [-0.4, -0.2) is 38.3 Å². The molecule has 27 heavy (non-hydrogen) atoms. The van der Waals surface area contributed by atoms with Crippen molar-refractivity contribution >= 4 is 11.6 Å². The SMILES string of the molecule is Cc1cccc(OC(C)C(=O)NCc2ccc(N3CCOCC3)cc2)c1C. The van der Waals surface area contributed by atoms with Crippen molar-refractivity contribution < 1.29 is 14.3 Å². The predicted molar refractivity (Wildman–Crippen MR) is 107 cm³/mol. The van der Waals surface area contributed by atoms with Gasteiger partial charge in [0.25, 0.3) is 5.91 Å². The Kier molecular flexibility index (Phi) is 6.35. The van der Waals surface area contributed by atoms with Crippen molar-refractivity contribution in [1.82, 2.24) is 5.32 Å². The number of hydrogen-bond donors (Lipinski definition) is 1. The molecule has 1 aliphatic heterocycles. The lowest BCUT2D eigenvalue weighted by atomic mass is 10.1. The van der Waals surface area contributed by atoms with Gasteiger partial charge in [-0.2, -0.15) is 0 Å². The fourth-order valence-electron chi connectivity index (χ4n) is 3.07. The average molecular weight is 368 g/mol. The van der Waals surface area contributed by atoms with Crippen LogP contribution in [0.2, 0.25) is 0 Å². The molecule has 1 atom stereocenters. The maximum Gasteiger partial charge on any atom is 0.261 e. The van der Waals surface area contributed by atoms with Gasteiger partial charge in [0.1, 0.15) is 5.75 Å². The molecule has 1 N–H and O–H groups in total. The first-order chi connectivity index (χ1) is 13.0. The van der Waals surface area contributed by atoms with Crippen molar-refractivity contribution in [2.75, 3.05) is 31.2 Å². The van der Waals surface area contributed by atoms with Crippen LogP contribution in [0.3, 0.4) is 0 Å². The number of morpholine rings is 1. The molecule has 144 valence electrons. The van der Waals surface area contributed by atoms with Crippen LogP contribution in [0.25, 0.3) is 0 Å². The lowest BCUT2D eigenvalue weighted by Gasteiger charge is -2.28. The number of carbonyl (C=O) groups is 1. The standard InChI is InChI=1S/C22H28N2O3/c1-16-5-4-6-21(17(16)2)27-18(3)22(25)23-15-19-7-9-20(10-8-19)24-11-13-26-14-12-24/h4-10,18H,11-15H2,1-3H3,(H,23,25). The van der Waals surface area contributed by atoms with Crippen LogP contribution in [0.1, 0.15) is 23.6 Å². The topological polar surface area (TPSA) is 50.8 Å². The number of benzene rings is 2. The number of nitrogens with one attached hydrogen (secondary N) is 1. The summed E-state index contributed by atoms with van der Waals surface area (Å²) in [6.45, 7) is 9.69. The second-order valence-corrected chi connectivity index (χ2v) is 6.94. The Hall–Kier alpha value is -2.53. The number of anilines is 1. The van der Waals surface area contributed by atoms with Crippen molar-refractivity contribution in [1.29, 1.82) is 0 Å². The van der Waals surface area contributed by atoms with E-state index < -0.39 is 6.10 Å². The van der Waals surface area contributed by atoms with Crippen LogP contribution >= 0.6 is 0 Å². The summed E-state index contributed by atoms with van der Waals surface area (Å²) in [6, 6.07) is 14.2. The number of aryl methyl sites for hydroxylation is 1. The Morgan fingerprint density at radius 3 is 2.56 bits per heavy atom. The second kappa shape index (κ2) is 8.91. The second-order valence-electron chi connectivity index (χ2n) is 6.94. The Labute approximate surface area is 161 Å². The van der Waals surface area contributed by atoms with Crippen molar-refractivity contribution in [3.8, 4) is 5.75 Å². The van der Waals surface area contributed by atoms with E-state index >= 15 is 0 Å². The van der Waals surface area contributed by atoms with E-state index in [1.165, 1.54) is 5.69 Å². The zero-order valence-electron chi connectivity index (χ0n) is 16.3. The molecule has 0 aromatic heterocycles. The maximum atomic E-state index is 12.4. The van der Waals surface area contributed by atoms with Gasteiger partial charge in [0.15, 0.2) is 6.10 Å². The fraction of sp³-hybridized carbons (Fsp3) is 0.409. The molecule has 0 aliphatic carbocycles. The number of amides is 1. The van der Waals surface area contributed by atoms with Gasteiger partial charge in [0, 0.05) is 25.3 Å². The molecule has 2 aromatic carbocycles. The van der Waals surface area contributed by atoms with Gasteiger partial charge in [0.05, 0.1) is 13.2 Å². The van der Waals surface area contributed by atoms with Crippen molar-refractivity contribution in [2.24, 2.45) is 0 Å². The zero-order chi connectivity index (χ0) is 19.2. The summed E-state index contributed by atoms with van der Waals surface area (Å²) in [5, 5.41) is 2.95. The lowest BCUT2D eigenvalue weighted by molar-refractivity contribution is -0.127. The van der Waals surface area contributed by atoms with Crippen LogP contribution < -0.4 is 15.0 Å². The molecular weight excluding hydrogens is 340 g/mol. The minimum Gasteiger partial charge on any atom is -0.481 e. The molecule has 0 saturated carbocycles. The normalized spacial score (nSPS) is 15.3. The van der Waals surface area contributed by atoms with E-state index in [1.54, 1.807) is 6.92 Å². The van der Waals surface area contributed by atoms with E-state index in [2.05, 4.69) is 34.5 Å². The Bertz CT molecular complexity index is 768. The highest BCUT2D eigenvalue weighted by atomic mass is 16.5. The lowest BCUT2D eigenvalue weighted by Crippen LogP contribution is -2.36. The van der Waals surface area contributed by atoms with Gasteiger partial charge in [-0.15, -0.1) is 0 Å². The summed E-state index contributed by atoms with van der Waals surface area (Å²) >= 11 is 0. The van der Waals surface area contributed by atoms with E-state index in [9.17, 15) is 4.79 Å². The molecule has 2 aromatic rings. The van der Waals surface area contributed by atoms with E-state index in [-0.39, 0.29) is 5.91 Å². The van der Waals surface area contributed by atoms with Crippen LogP contribution in [0.5, 0.6) is 5.75 Å². The number of hydrogen-bond acceptors (Lipinski definition) is 4. The van der Waals surface area contributed by atoms with Crippen LogP contribution in [-0.2, 0) is 16.1 Å². The molecule has 1 amide bonds. The fourth-order valence-corrected chi connectivity index (χ4v) is 3.07. The van der Waals surface area contributed by atoms with E-state index in [0.29, 0.717) is 6.54 Å². The highest BCUT2D eigenvalue weighted by Crippen LogP contribution is 2.22. The molecule has 1 heterocycles. The summed E-state index contributed by atoms with van der Waals surface area (Å²) < 4.78 is 11.2. The summed E-state index contributed by atoms with van der Waals surface area (Å²) in [4.78, 5) is 14.7. The molecule has 1 fully saturated rings. The third kappa shape index (κ3) is 5.01. The first-order valence-corrected chi connectivity index (χ1v) is 9.47. The number of ether oxygens (including phenoxy) is 2. The summed E-state index contributed by atoms with van der Waals surface area (Å²) in [5.41, 5.74) is 4.48. The number of nitrogens with zero attached hydrogens (tertiary/aromatic N) is 1. The van der Waals surface area contributed by atoms with Crippen molar-refractivity contribution in [3.63, 3.8) is 0 Å². The van der Waals surface area contributed by atoms with Crippen LogP contribution in [0.15, 0.2) is 42.5 Å². The molecule has 1 saturated heterocycles. The maximum absolute atomic E-state index is 12.4. The quantitative estimate of drug-likeness (QED) is 0.851. The van der Waals surface area contributed by atoms with Gasteiger partial charge >= 0.3 is 0 Å². The molecular formula is C22H28N2O3. The highest BCUT2D eigenvalue weighted by molar-refractivity contribution is 5.80. The minimum absolute atomic E-state index is 0.117. The summed E-state index contributed by atoms with van der Waals surface area (Å²) in [5.74, 6) is 0.640. The first-order valence-electron chi connectivity index (χ1n) is 9.47. The van der Waals surface area contributed by atoms with Gasteiger partial charge in [0.2, 0.25) is 0 Å². The molecule has 5 heteroatoms. The minimum atomic E-state index is -0.543. The number of carbonyl (C=O) groups excluding carboxylic acids is 1. The van der Waals surface area contributed by atoms with Gasteiger partial charge in [-0.25, -0.2) is 0 Å². The van der Waals surface area contributed by atoms with E-state index in [0.717, 1.165) is 48.7 Å². The third-order valence-electron chi connectivity index (χ3n) is 5.01. The van der Waals surface area contributed by atoms with Gasteiger partial charge < -0.3 is 19.7 Å². The molecule has 1 aliphatic rings. The first kappa shape index (κ1) is 19.2. The molecule has 0 spiro atoms. The van der Waals surface area contributed by atoms with Gasteiger partial charge in [-0.1, -0.05) is 24.3 Å². The van der Waals surface area contributed by atoms with Crippen LogP contribution in [0, 0.1) is 13.8 Å².